The minimum absolute atomic E-state index is 0.0784. The first-order valence-electron chi connectivity index (χ1n) is 4.26. The van der Waals surface area contributed by atoms with E-state index in [0.29, 0.717) is 0 Å². The molecule has 0 saturated heterocycles. The zero-order valence-electron chi connectivity index (χ0n) is 7.40. The molecule has 1 nitrogen and oxygen atoms in total. The van der Waals surface area contributed by atoms with Crippen molar-refractivity contribution in [3.8, 4) is 0 Å². The fourth-order valence-electron chi connectivity index (χ4n) is 1.29. The highest BCUT2D eigenvalue weighted by Gasteiger charge is 1.99. The van der Waals surface area contributed by atoms with Gasteiger partial charge in [0, 0.05) is 14.6 Å². The van der Waals surface area contributed by atoms with Gasteiger partial charge in [-0.05, 0) is 35.7 Å². The topological polar surface area (TPSA) is 20.2 Å². The van der Waals surface area contributed by atoms with Crippen LogP contribution >= 0.6 is 22.9 Å². The third-order valence-corrected chi connectivity index (χ3v) is 3.20. The number of halogens is 1. The first kappa shape index (κ1) is 9.71. The Morgan fingerprint density at radius 2 is 2.21 bits per heavy atom. The Morgan fingerprint density at radius 3 is 3.00 bits per heavy atom. The third kappa shape index (κ3) is 1.98. The highest BCUT2D eigenvalue weighted by Crippen LogP contribution is 2.28. The molecule has 0 saturated carbocycles. The van der Waals surface area contributed by atoms with Gasteiger partial charge in [0.05, 0.1) is 6.61 Å². The van der Waals surface area contributed by atoms with Crippen molar-refractivity contribution in [2.24, 2.45) is 0 Å². The summed E-state index contributed by atoms with van der Waals surface area (Å²) < 4.78 is 1.21. The second-order valence-corrected chi connectivity index (χ2v) is 4.47. The van der Waals surface area contributed by atoms with E-state index in [1.54, 1.807) is 17.4 Å². The second-order valence-electron chi connectivity index (χ2n) is 2.92. The van der Waals surface area contributed by atoms with Crippen molar-refractivity contribution in [3.63, 3.8) is 0 Å². The Bertz CT molecular complexity index is 473. The zero-order valence-corrected chi connectivity index (χ0v) is 8.98. The first-order chi connectivity index (χ1) is 6.79. The van der Waals surface area contributed by atoms with E-state index in [0.717, 1.165) is 15.3 Å². The molecule has 72 valence electrons. The minimum Gasteiger partial charge on any atom is -0.392 e. The van der Waals surface area contributed by atoms with Crippen molar-refractivity contribution in [2.75, 3.05) is 6.61 Å². The molecule has 1 N–H and O–H groups in total. The van der Waals surface area contributed by atoms with Gasteiger partial charge in [-0.2, -0.15) is 0 Å². The molecule has 0 unspecified atom stereocenters. The number of hydrogen-bond donors (Lipinski definition) is 1. The molecule has 1 heterocycles. The molecule has 0 aliphatic heterocycles. The van der Waals surface area contributed by atoms with Crippen molar-refractivity contribution in [3.05, 3.63) is 40.2 Å². The standard InChI is InChI=1S/C11H9ClOS/c12-9-3-4-11-8(6-9)7-10(14-11)2-1-5-13/h1-4,6-7,13H,5H2/b2-1+. The fraction of sp³-hybridized carbons (Fsp3) is 0.0909. The van der Waals surface area contributed by atoms with Crippen LogP contribution in [-0.4, -0.2) is 11.7 Å². The van der Waals surface area contributed by atoms with Crippen molar-refractivity contribution in [1.82, 2.24) is 0 Å². The van der Waals surface area contributed by atoms with Crippen molar-refractivity contribution in [2.45, 2.75) is 0 Å². The summed E-state index contributed by atoms with van der Waals surface area (Å²) in [6, 6.07) is 7.92. The Kier molecular flexibility index (Phi) is 2.87. The summed E-state index contributed by atoms with van der Waals surface area (Å²) in [6.45, 7) is 0.0784. The molecule has 2 rings (SSSR count). The maximum atomic E-state index is 8.64. The Labute approximate surface area is 91.3 Å². The lowest BCUT2D eigenvalue weighted by molar-refractivity contribution is 0.343. The van der Waals surface area contributed by atoms with Gasteiger partial charge >= 0.3 is 0 Å². The molecule has 0 aliphatic carbocycles. The van der Waals surface area contributed by atoms with Crippen LogP contribution in [0.3, 0.4) is 0 Å². The smallest absolute Gasteiger partial charge is 0.0615 e. The van der Waals surface area contributed by atoms with E-state index in [1.165, 1.54) is 4.70 Å². The van der Waals surface area contributed by atoms with Crippen LogP contribution < -0.4 is 0 Å². The van der Waals surface area contributed by atoms with Crippen LogP contribution in [0.15, 0.2) is 30.3 Å². The van der Waals surface area contributed by atoms with E-state index >= 15 is 0 Å². The Hall–Kier alpha value is -0.830. The largest absolute Gasteiger partial charge is 0.392 e. The molecule has 14 heavy (non-hydrogen) atoms. The Morgan fingerprint density at radius 1 is 1.36 bits per heavy atom. The lowest BCUT2D eigenvalue weighted by atomic mass is 10.2. The maximum Gasteiger partial charge on any atom is 0.0615 e. The van der Waals surface area contributed by atoms with Gasteiger partial charge in [-0.25, -0.2) is 0 Å². The molecule has 0 bridgehead atoms. The molecule has 1 aromatic carbocycles. The molecule has 3 heteroatoms. The quantitative estimate of drug-likeness (QED) is 0.827. The van der Waals surface area contributed by atoms with Crippen LogP contribution in [0.4, 0.5) is 0 Å². The zero-order chi connectivity index (χ0) is 9.97. The summed E-state index contributed by atoms with van der Waals surface area (Å²) in [7, 11) is 0. The maximum absolute atomic E-state index is 8.64. The van der Waals surface area contributed by atoms with Crippen molar-refractivity contribution < 1.29 is 5.11 Å². The van der Waals surface area contributed by atoms with Crippen molar-refractivity contribution in [1.29, 1.82) is 0 Å². The molecule has 0 radical (unpaired) electrons. The highest BCUT2D eigenvalue weighted by atomic mass is 35.5. The van der Waals surface area contributed by atoms with E-state index in [9.17, 15) is 0 Å². The summed E-state index contributed by atoms with van der Waals surface area (Å²) in [5.41, 5.74) is 0. The van der Waals surface area contributed by atoms with Gasteiger partial charge in [0.2, 0.25) is 0 Å². The number of benzene rings is 1. The number of aliphatic hydroxyl groups excluding tert-OH is 1. The number of fused-ring (bicyclic) bond motifs is 1. The van der Waals surface area contributed by atoms with Gasteiger partial charge in [-0.15, -0.1) is 11.3 Å². The highest BCUT2D eigenvalue weighted by molar-refractivity contribution is 7.19. The molecule has 0 amide bonds. The second kappa shape index (κ2) is 4.13. The monoisotopic (exact) mass is 224 g/mol. The Balaban J connectivity index is 2.46. The molecule has 0 aliphatic rings. The van der Waals surface area contributed by atoms with Crippen LogP contribution in [0.25, 0.3) is 16.2 Å². The summed E-state index contributed by atoms with van der Waals surface area (Å²) in [5, 5.41) is 10.6. The predicted octanol–water partition coefficient (Wildman–Crippen LogP) is 3.56. The lowest BCUT2D eigenvalue weighted by Gasteiger charge is -1.87. The number of thiophene rings is 1. The third-order valence-electron chi connectivity index (χ3n) is 1.88. The van der Waals surface area contributed by atoms with Crippen molar-refractivity contribution >= 4 is 39.1 Å². The van der Waals surface area contributed by atoms with Crippen LogP contribution in [0, 0.1) is 0 Å². The van der Waals surface area contributed by atoms with Crippen LogP contribution in [-0.2, 0) is 0 Å². The van der Waals surface area contributed by atoms with E-state index < -0.39 is 0 Å². The lowest BCUT2D eigenvalue weighted by Crippen LogP contribution is -1.68. The molecule has 2 aromatic rings. The number of rotatable bonds is 2. The first-order valence-corrected chi connectivity index (χ1v) is 5.45. The van der Waals surface area contributed by atoms with E-state index in [1.807, 2.05) is 24.3 Å². The summed E-state index contributed by atoms with van der Waals surface area (Å²) >= 11 is 7.57. The summed E-state index contributed by atoms with van der Waals surface area (Å²) in [6.07, 6.45) is 3.64. The van der Waals surface area contributed by atoms with Crippen LogP contribution in [0.1, 0.15) is 4.88 Å². The molecule has 0 atom stereocenters. The number of hydrogen-bond acceptors (Lipinski definition) is 2. The van der Waals surface area contributed by atoms with Crippen LogP contribution in [0.2, 0.25) is 5.02 Å². The number of aliphatic hydroxyl groups is 1. The average molecular weight is 225 g/mol. The van der Waals surface area contributed by atoms with Gasteiger partial charge in [-0.3, -0.25) is 0 Å². The fourth-order valence-corrected chi connectivity index (χ4v) is 2.44. The molecule has 1 aromatic heterocycles. The minimum atomic E-state index is 0.0784. The van der Waals surface area contributed by atoms with E-state index in [4.69, 9.17) is 16.7 Å². The van der Waals surface area contributed by atoms with Gasteiger partial charge in [-0.1, -0.05) is 17.7 Å². The van der Waals surface area contributed by atoms with Crippen LogP contribution in [0.5, 0.6) is 0 Å². The van der Waals surface area contributed by atoms with Gasteiger partial charge in [0.15, 0.2) is 0 Å². The van der Waals surface area contributed by atoms with Gasteiger partial charge < -0.3 is 5.11 Å². The van der Waals surface area contributed by atoms with Gasteiger partial charge in [0.25, 0.3) is 0 Å². The molecular weight excluding hydrogens is 216 g/mol. The SMILES string of the molecule is OC/C=C/c1cc2cc(Cl)ccc2s1. The summed E-state index contributed by atoms with van der Waals surface area (Å²) in [5.74, 6) is 0. The molecule has 0 fully saturated rings. The molecule has 0 spiro atoms. The van der Waals surface area contributed by atoms with Gasteiger partial charge in [0.1, 0.15) is 0 Å². The normalized spacial score (nSPS) is 11.6. The van der Waals surface area contributed by atoms with E-state index in [2.05, 4.69) is 6.07 Å². The average Bonchev–Trinajstić information content (AvgIpc) is 2.56. The molecular formula is C11H9ClOS. The predicted molar refractivity (Wildman–Crippen MR) is 63.0 cm³/mol. The van der Waals surface area contributed by atoms with E-state index in [-0.39, 0.29) is 6.61 Å². The summed E-state index contributed by atoms with van der Waals surface area (Å²) in [4.78, 5) is 1.14.